The zero-order valence-corrected chi connectivity index (χ0v) is 10.8. The maximum absolute atomic E-state index is 13.7. The van der Waals surface area contributed by atoms with Crippen molar-refractivity contribution < 1.29 is 19.0 Å². The Balaban J connectivity index is 2.20. The predicted octanol–water partition coefficient (Wildman–Crippen LogP) is 2.33. The molecule has 1 unspecified atom stereocenters. The third-order valence-electron chi connectivity index (χ3n) is 2.43. The van der Waals surface area contributed by atoms with Crippen LogP contribution >= 0.6 is 27.3 Å². The Kier molecular flexibility index (Phi) is 2.68. The monoisotopic (exact) mass is 319 g/mol. The standard InChI is InChI=1S/C10H7BrFNO3S/c11-10-13-7-5(12)1-6-8(9(7)17-10)15-3-4(2-14)16-6/h1,4,14H,2-3H2. The van der Waals surface area contributed by atoms with E-state index in [0.29, 0.717) is 20.1 Å². The fraction of sp³-hybridized carbons (Fsp3) is 0.300. The van der Waals surface area contributed by atoms with Gasteiger partial charge in [0, 0.05) is 6.07 Å². The number of halogens is 2. The van der Waals surface area contributed by atoms with Gasteiger partial charge in [0.1, 0.15) is 16.8 Å². The van der Waals surface area contributed by atoms with Gasteiger partial charge in [0.15, 0.2) is 27.3 Å². The van der Waals surface area contributed by atoms with E-state index in [2.05, 4.69) is 20.9 Å². The van der Waals surface area contributed by atoms with Crippen LogP contribution in [-0.4, -0.2) is 29.4 Å². The van der Waals surface area contributed by atoms with Crippen LogP contribution in [0.25, 0.3) is 10.2 Å². The Morgan fingerprint density at radius 1 is 1.65 bits per heavy atom. The third-order valence-corrected chi connectivity index (χ3v) is 3.93. The van der Waals surface area contributed by atoms with E-state index < -0.39 is 11.9 Å². The van der Waals surface area contributed by atoms with Crippen molar-refractivity contribution in [3.8, 4) is 11.5 Å². The van der Waals surface area contributed by atoms with Gasteiger partial charge in [-0.25, -0.2) is 9.37 Å². The summed E-state index contributed by atoms with van der Waals surface area (Å²) in [5.74, 6) is 0.355. The van der Waals surface area contributed by atoms with Crippen molar-refractivity contribution in [3.05, 3.63) is 15.8 Å². The fourth-order valence-corrected chi connectivity index (χ4v) is 3.14. The number of hydrogen-bond donors (Lipinski definition) is 1. The van der Waals surface area contributed by atoms with Gasteiger partial charge in [0.05, 0.1) is 6.61 Å². The summed E-state index contributed by atoms with van der Waals surface area (Å²) < 4.78 is 25.9. The van der Waals surface area contributed by atoms with Crippen molar-refractivity contribution in [2.24, 2.45) is 0 Å². The number of benzene rings is 1. The van der Waals surface area contributed by atoms with Crippen molar-refractivity contribution in [2.75, 3.05) is 13.2 Å². The van der Waals surface area contributed by atoms with Crippen molar-refractivity contribution in [2.45, 2.75) is 6.10 Å². The molecule has 90 valence electrons. The van der Waals surface area contributed by atoms with Gasteiger partial charge in [-0.2, -0.15) is 0 Å². The number of aromatic nitrogens is 1. The van der Waals surface area contributed by atoms with Crippen molar-refractivity contribution in [1.29, 1.82) is 0 Å². The number of ether oxygens (including phenoxy) is 2. The third kappa shape index (κ3) is 1.78. The van der Waals surface area contributed by atoms with E-state index in [-0.39, 0.29) is 18.7 Å². The van der Waals surface area contributed by atoms with Crippen molar-refractivity contribution in [3.63, 3.8) is 0 Å². The van der Waals surface area contributed by atoms with Crippen LogP contribution in [0.5, 0.6) is 11.5 Å². The van der Waals surface area contributed by atoms with E-state index in [0.717, 1.165) is 0 Å². The van der Waals surface area contributed by atoms with Gasteiger partial charge in [-0.15, -0.1) is 11.3 Å². The van der Waals surface area contributed by atoms with Crippen LogP contribution in [0.4, 0.5) is 4.39 Å². The van der Waals surface area contributed by atoms with Crippen LogP contribution in [0.3, 0.4) is 0 Å². The van der Waals surface area contributed by atoms with Crippen LogP contribution in [0.2, 0.25) is 0 Å². The van der Waals surface area contributed by atoms with E-state index in [1.807, 2.05) is 0 Å². The summed E-state index contributed by atoms with van der Waals surface area (Å²) in [5, 5.41) is 8.99. The SMILES string of the molecule is OCC1COc2c(cc(F)c3nc(Br)sc23)O1. The van der Waals surface area contributed by atoms with Crippen LogP contribution in [0.15, 0.2) is 9.98 Å². The number of hydrogen-bond acceptors (Lipinski definition) is 5. The lowest BCUT2D eigenvalue weighted by molar-refractivity contribution is 0.0465. The Morgan fingerprint density at radius 2 is 2.47 bits per heavy atom. The van der Waals surface area contributed by atoms with Gasteiger partial charge in [-0.3, -0.25) is 0 Å². The van der Waals surface area contributed by atoms with E-state index in [9.17, 15) is 4.39 Å². The molecular weight excluding hydrogens is 313 g/mol. The minimum absolute atomic E-state index is 0.161. The first-order valence-electron chi connectivity index (χ1n) is 4.88. The number of fused-ring (bicyclic) bond motifs is 3. The molecule has 1 atom stereocenters. The number of aliphatic hydroxyl groups is 1. The van der Waals surface area contributed by atoms with Crippen LogP contribution in [-0.2, 0) is 0 Å². The molecule has 2 heterocycles. The van der Waals surface area contributed by atoms with Gasteiger partial charge in [0.2, 0.25) is 0 Å². The smallest absolute Gasteiger partial charge is 0.181 e. The molecule has 0 bridgehead atoms. The molecule has 7 heteroatoms. The molecule has 0 aliphatic carbocycles. The molecule has 3 rings (SSSR count). The summed E-state index contributed by atoms with van der Waals surface area (Å²) >= 11 is 4.50. The second kappa shape index (κ2) is 4.08. The molecule has 1 N–H and O–H groups in total. The highest BCUT2D eigenvalue weighted by Crippen LogP contribution is 2.43. The minimum Gasteiger partial charge on any atom is -0.484 e. The normalized spacial score (nSPS) is 18.6. The molecule has 0 saturated carbocycles. The Hall–Kier alpha value is -0.920. The Bertz CT molecular complexity index is 588. The van der Waals surface area contributed by atoms with Crippen molar-refractivity contribution in [1.82, 2.24) is 4.98 Å². The molecule has 0 radical (unpaired) electrons. The average molecular weight is 320 g/mol. The largest absolute Gasteiger partial charge is 0.484 e. The second-order valence-corrected chi connectivity index (χ2v) is 5.84. The molecular formula is C10H7BrFNO3S. The van der Waals surface area contributed by atoms with Gasteiger partial charge < -0.3 is 14.6 Å². The van der Waals surface area contributed by atoms with Crippen LogP contribution in [0, 0.1) is 5.82 Å². The zero-order valence-electron chi connectivity index (χ0n) is 8.44. The summed E-state index contributed by atoms with van der Waals surface area (Å²) in [6.45, 7) is 0.0885. The molecule has 2 aromatic rings. The Labute approximate surface area is 108 Å². The molecule has 0 saturated heterocycles. The van der Waals surface area contributed by atoms with E-state index in [4.69, 9.17) is 14.6 Å². The summed E-state index contributed by atoms with van der Waals surface area (Å²) in [4.78, 5) is 4.04. The highest BCUT2D eigenvalue weighted by molar-refractivity contribution is 9.11. The number of rotatable bonds is 1. The van der Waals surface area contributed by atoms with E-state index in [1.165, 1.54) is 17.4 Å². The first-order chi connectivity index (χ1) is 8.19. The first kappa shape index (κ1) is 11.2. The van der Waals surface area contributed by atoms with Crippen LogP contribution in [0.1, 0.15) is 0 Å². The minimum atomic E-state index is -0.456. The summed E-state index contributed by atoms with van der Waals surface area (Å²) in [6.07, 6.45) is -0.448. The first-order valence-corrected chi connectivity index (χ1v) is 6.49. The van der Waals surface area contributed by atoms with Crippen molar-refractivity contribution >= 4 is 37.5 Å². The summed E-state index contributed by atoms with van der Waals surface area (Å²) in [7, 11) is 0. The van der Waals surface area contributed by atoms with Gasteiger partial charge in [-0.1, -0.05) is 0 Å². The molecule has 1 aliphatic heterocycles. The highest BCUT2D eigenvalue weighted by atomic mass is 79.9. The quantitative estimate of drug-likeness (QED) is 0.876. The topological polar surface area (TPSA) is 51.6 Å². The van der Waals surface area contributed by atoms with Gasteiger partial charge in [-0.05, 0) is 15.9 Å². The zero-order chi connectivity index (χ0) is 12.0. The molecule has 0 spiro atoms. The average Bonchev–Trinajstić information content (AvgIpc) is 2.71. The molecule has 1 aromatic carbocycles. The molecule has 0 amide bonds. The van der Waals surface area contributed by atoms with E-state index >= 15 is 0 Å². The van der Waals surface area contributed by atoms with Gasteiger partial charge >= 0.3 is 0 Å². The number of thiazole rings is 1. The lowest BCUT2D eigenvalue weighted by atomic mass is 10.2. The maximum Gasteiger partial charge on any atom is 0.181 e. The molecule has 1 aromatic heterocycles. The van der Waals surface area contributed by atoms with Gasteiger partial charge in [0.25, 0.3) is 0 Å². The van der Waals surface area contributed by atoms with E-state index in [1.54, 1.807) is 0 Å². The molecule has 4 nitrogen and oxygen atoms in total. The number of nitrogens with zero attached hydrogens (tertiary/aromatic N) is 1. The molecule has 1 aliphatic rings. The predicted molar refractivity (Wildman–Crippen MR) is 64.3 cm³/mol. The second-order valence-electron chi connectivity index (χ2n) is 3.56. The summed E-state index contributed by atoms with van der Waals surface area (Å²) in [5.41, 5.74) is 0.270. The maximum atomic E-state index is 13.7. The molecule has 17 heavy (non-hydrogen) atoms. The highest BCUT2D eigenvalue weighted by Gasteiger charge is 2.26. The molecule has 0 fully saturated rings. The number of aliphatic hydroxyl groups excluding tert-OH is 1. The lowest BCUT2D eigenvalue weighted by Gasteiger charge is -2.25. The summed E-state index contributed by atoms with van der Waals surface area (Å²) in [6, 6.07) is 1.24. The lowest BCUT2D eigenvalue weighted by Crippen LogP contribution is -2.32. The van der Waals surface area contributed by atoms with Crippen LogP contribution < -0.4 is 9.47 Å². The fourth-order valence-electron chi connectivity index (χ4n) is 1.67. The Morgan fingerprint density at radius 3 is 3.24 bits per heavy atom.